The molecule has 0 spiro atoms. The molecule has 0 aromatic heterocycles. The molecule has 3 N–H and O–H groups in total. The van der Waals surface area contributed by atoms with Crippen LogP contribution < -0.4 is 0 Å². The second kappa shape index (κ2) is 11.7. The van der Waals surface area contributed by atoms with E-state index in [1.807, 2.05) is 13.8 Å². The van der Waals surface area contributed by atoms with Crippen LogP contribution in [0.5, 0.6) is 0 Å². The molecule has 6 nitrogen and oxygen atoms in total. The SMILES string of the molecule is CCCCCCC=C[C@@H]1[C@@H](CCCCC(=C(F)F)C(O)(O)C(=O)O)C[C@H]2OC(C)(C)O[C@@H]12. The van der Waals surface area contributed by atoms with Crippen LogP contribution >= 0.6 is 0 Å². The molecular weight excluding hydrogens is 422 g/mol. The van der Waals surface area contributed by atoms with E-state index in [0.717, 1.165) is 25.7 Å². The summed E-state index contributed by atoms with van der Waals surface area (Å²) in [6.07, 6.45) is 9.79. The fraction of sp³-hybridized carbons (Fsp3) is 0.792. The highest BCUT2D eigenvalue weighted by atomic mass is 19.3. The number of carboxylic acid groups (broad SMARTS) is 1. The maximum Gasteiger partial charge on any atom is 0.369 e. The van der Waals surface area contributed by atoms with Crippen molar-refractivity contribution in [1.82, 2.24) is 0 Å². The van der Waals surface area contributed by atoms with Gasteiger partial charge in [0.25, 0.3) is 11.9 Å². The Kier molecular flexibility index (Phi) is 9.82. The van der Waals surface area contributed by atoms with Crippen molar-refractivity contribution in [3.63, 3.8) is 0 Å². The molecule has 1 saturated carbocycles. The summed E-state index contributed by atoms with van der Waals surface area (Å²) >= 11 is 0. The molecule has 32 heavy (non-hydrogen) atoms. The summed E-state index contributed by atoms with van der Waals surface area (Å²) in [6.45, 7) is 6.00. The van der Waals surface area contributed by atoms with Crippen LogP contribution in [0.25, 0.3) is 0 Å². The topological polar surface area (TPSA) is 96.2 Å². The van der Waals surface area contributed by atoms with E-state index < -0.39 is 29.2 Å². The summed E-state index contributed by atoms with van der Waals surface area (Å²) in [5.74, 6) is -5.82. The van der Waals surface area contributed by atoms with Crippen LogP contribution in [0.3, 0.4) is 0 Å². The van der Waals surface area contributed by atoms with E-state index in [2.05, 4.69) is 19.1 Å². The molecule has 4 atom stereocenters. The lowest BCUT2D eigenvalue weighted by Crippen LogP contribution is -2.40. The third-order valence-electron chi connectivity index (χ3n) is 6.46. The van der Waals surface area contributed by atoms with Crippen LogP contribution in [0.2, 0.25) is 0 Å². The number of fused-ring (bicyclic) bond motifs is 1. The Labute approximate surface area is 189 Å². The van der Waals surface area contributed by atoms with E-state index in [1.54, 1.807) is 0 Å². The predicted molar refractivity (Wildman–Crippen MR) is 116 cm³/mol. The molecule has 0 radical (unpaired) electrons. The van der Waals surface area contributed by atoms with Crippen molar-refractivity contribution in [3.05, 3.63) is 23.8 Å². The maximum atomic E-state index is 13.1. The van der Waals surface area contributed by atoms with Gasteiger partial charge in [-0.25, -0.2) is 4.79 Å². The number of unbranched alkanes of at least 4 members (excludes halogenated alkanes) is 5. The molecule has 1 saturated heterocycles. The molecule has 0 amide bonds. The third-order valence-corrected chi connectivity index (χ3v) is 6.46. The Bertz CT molecular complexity index is 684. The van der Waals surface area contributed by atoms with Gasteiger partial charge in [0.1, 0.15) is 0 Å². The molecule has 0 aromatic rings. The van der Waals surface area contributed by atoms with Crippen molar-refractivity contribution >= 4 is 5.97 Å². The van der Waals surface area contributed by atoms with Gasteiger partial charge in [-0.05, 0) is 58.3 Å². The molecule has 8 heteroatoms. The second-order valence-corrected chi connectivity index (χ2v) is 9.45. The van der Waals surface area contributed by atoms with Crippen molar-refractivity contribution in [2.24, 2.45) is 11.8 Å². The van der Waals surface area contributed by atoms with Crippen LogP contribution in [0.15, 0.2) is 23.8 Å². The van der Waals surface area contributed by atoms with Gasteiger partial charge in [-0.2, -0.15) is 8.78 Å². The zero-order valence-electron chi connectivity index (χ0n) is 19.4. The van der Waals surface area contributed by atoms with Gasteiger partial charge >= 0.3 is 5.97 Å². The second-order valence-electron chi connectivity index (χ2n) is 9.45. The molecule has 0 aromatic carbocycles. The first-order valence-corrected chi connectivity index (χ1v) is 11.7. The summed E-state index contributed by atoms with van der Waals surface area (Å²) in [4.78, 5) is 10.9. The minimum Gasteiger partial charge on any atom is -0.477 e. The van der Waals surface area contributed by atoms with Crippen LogP contribution in [0, 0.1) is 11.8 Å². The Hall–Kier alpha value is -1.35. The largest absolute Gasteiger partial charge is 0.477 e. The van der Waals surface area contributed by atoms with Crippen molar-refractivity contribution in [2.45, 2.75) is 109 Å². The lowest BCUT2D eigenvalue weighted by molar-refractivity contribution is -0.191. The van der Waals surface area contributed by atoms with E-state index >= 15 is 0 Å². The monoisotopic (exact) mass is 460 g/mol. The number of carboxylic acids is 1. The molecule has 1 aliphatic carbocycles. The number of aliphatic hydroxyl groups is 2. The van der Waals surface area contributed by atoms with Gasteiger partial charge in [0.05, 0.1) is 17.8 Å². The minimum absolute atomic E-state index is 0.00183. The molecule has 184 valence electrons. The first-order chi connectivity index (χ1) is 15.0. The number of halogens is 2. The predicted octanol–water partition coefficient (Wildman–Crippen LogP) is 5.15. The van der Waals surface area contributed by atoms with E-state index in [0.29, 0.717) is 6.42 Å². The van der Waals surface area contributed by atoms with Gasteiger partial charge < -0.3 is 24.8 Å². The standard InChI is InChI=1S/C24H38F2O6/c1-4-5-6-7-8-9-13-17-16(15-19-20(17)32-23(2,3)31-19)12-10-11-14-18(21(25)26)24(29,30)22(27)28/h9,13,16-17,19-20,29-30H,4-8,10-12,14-15H2,1-3H3,(H,27,28)/t16-,17+,19+,20-/m0/s1. The molecule has 1 heterocycles. The molecular formula is C24H38F2O6. The van der Waals surface area contributed by atoms with Crippen LogP contribution in [0.4, 0.5) is 8.78 Å². The summed E-state index contributed by atoms with van der Waals surface area (Å²) < 4.78 is 38.3. The first kappa shape index (κ1) is 26.9. The number of hydrogen-bond donors (Lipinski definition) is 3. The third kappa shape index (κ3) is 7.07. The fourth-order valence-corrected chi connectivity index (χ4v) is 4.85. The summed E-state index contributed by atoms with van der Waals surface area (Å²) in [6, 6.07) is 0. The highest BCUT2D eigenvalue weighted by molar-refractivity contribution is 5.79. The number of rotatable bonds is 13. The van der Waals surface area contributed by atoms with Gasteiger partial charge in [-0.1, -0.05) is 44.8 Å². The van der Waals surface area contributed by atoms with Crippen molar-refractivity contribution < 1.29 is 38.4 Å². The highest BCUT2D eigenvalue weighted by Crippen LogP contribution is 2.47. The molecule has 0 bridgehead atoms. The molecule has 2 fully saturated rings. The Morgan fingerprint density at radius 1 is 1.12 bits per heavy atom. The van der Waals surface area contributed by atoms with Gasteiger partial charge in [-0.15, -0.1) is 0 Å². The Morgan fingerprint density at radius 2 is 1.84 bits per heavy atom. The minimum atomic E-state index is -3.54. The Balaban J connectivity index is 1.93. The van der Waals surface area contributed by atoms with E-state index in [1.165, 1.54) is 19.3 Å². The average molecular weight is 461 g/mol. The fourth-order valence-electron chi connectivity index (χ4n) is 4.85. The van der Waals surface area contributed by atoms with E-state index in [4.69, 9.17) is 14.6 Å². The van der Waals surface area contributed by atoms with Crippen LogP contribution in [-0.4, -0.2) is 45.1 Å². The van der Waals surface area contributed by atoms with Crippen molar-refractivity contribution in [1.29, 1.82) is 0 Å². The number of hydrogen-bond acceptors (Lipinski definition) is 5. The molecule has 2 rings (SSSR count). The smallest absolute Gasteiger partial charge is 0.369 e. The number of ether oxygens (including phenoxy) is 2. The summed E-state index contributed by atoms with van der Waals surface area (Å²) in [5, 5.41) is 27.8. The quantitative estimate of drug-likeness (QED) is 0.200. The average Bonchev–Trinajstić information content (AvgIpc) is 3.15. The first-order valence-electron chi connectivity index (χ1n) is 11.7. The van der Waals surface area contributed by atoms with Crippen molar-refractivity contribution in [3.8, 4) is 0 Å². The van der Waals surface area contributed by atoms with E-state index in [-0.39, 0.29) is 36.9 Å². The molecule has 2 aliphatic rings. The Morgan fingerprint density at radius 3 is 2.47 bits per heavy atom. The van der Waals surface area contributed by atoms with Crippen LogP contribution in [-0.2, 0) is 14.3 Å². The molecule has 0 unspecified atom stereocenters. The van der Waals surface area contributed by atoms with Gasteiger partial charge in [0.15, 0.2) is 5.79 Å². The van der Waals surface area contributed by atoms with Gasteiger partial charge in [-0.3, -0.25) is 0 Å². The zero-order chi connectivity index (χ0) is 23.9. The number of allylic oxidation sites excluding steroid dienone is 1. The maximum absolute atomic E-state index is 13.1. The van der Waals surface area contributed by atoms with Gasteiger partial charge in [0.2, 0.25) is 0 Å². The van der Waals surface area contributed by atoms with Crippen molar-refractivity contribution in [2.75, 3.05) is 0 Å². The zero-order valence-corrected chi connectivity index (χ0v) is 19.4. The van der Waals surface area contributed by atoms with Gasteiger partial charge in [0, 0.05) is 5.92 Å². The normalized spacial score (nSPS) is 27.1. The summed E-state index contributed by atoms with van der Waals surface area (Å²) in [5.41, 5.74) is -1.15. The number of carbonyl (C=O) groups is 1. The highest BCUT2D eigenvalue weighted by Gasteiger charge is 2.52. The lowest BCUT2D eigenvalue weighted by Gasteiger charge is -2.25. The van der Waals surface area contributed by atoms with E-state index in [9.17, 15) is 23.8 Å². The lowest BCUT2D eigenvalue weighted by atomic mass is 9.88. The molecule has 1 aliphatic heterocycles. The van der Waals surface area contributed by atoms with Crippen LogP contribution in [0.1, 0.15) is 85.0 Å². The summed E-state index contributed by atoms with van der Waals surface area (Å²) in [7, 11) is 0. The number of aliphatic carboxylic acids is 1.